The van der Waals surface area contributed by atoms with Gasteiger partial charge in [-0.15, -0.1) is 0 Å². The van der Waals surface area contributed by atoms with Gasteiger partial charge in [-0.1, -0.05) is 6.07 Å². The Hall–Kier alpha value is -2.30. The van der Waals surface area contributed by atoms with E-state index in [-0.39, 0.29) is 18.6 Å². The van der Waals surface area contributed by atoms with Crippen LogP contribution in [-0.2, 0) is 15.1 Å². The summed E-state index contributed by atoms with van der Waals surface area (Å²) in [7, 11) is 0. The van der Waals surface area contributed by atoms with Gasteiger partial charge in [0, 0.05) is 12.2 Å². The SMILES string of the molecule is O=C1C=CC(=O)N1C1(c2ccc3c(c2)OCO3)CC1. The summed E-state index contributed by atoms with van der Waals surface area (Å²) in [4.78, 5) is 25.0. The van der Waals surface area contributed by atoms with Crippen molar-refractivity contribution in [2.45, 2.75) is 18.4 Å². The molecule has 19 heavy (non-hydrogen) atoms. The standard InChI is InChI=1S/C14H11NO4/c16-12-3-4-13(17)15(12)14(5-6-14)9-1-2-10-11(7-9)19-8-18-10/h1-4,7H,5-6,8H2. The zero-order valence-electron chi connectivity index (χ0n) is 10.1. The third-order valence-corrected chi connectivity index (χ3v) is 3.87. The third-order valence-electron chi connectivity index (χ3n) is 3.87. The highest BCUT2D eigenvalue weighted by atomic mass is 16.7. The predicted octanol–water partition coefficient (Wildman–Crippen LogP) is 1.33. The van der Waals surface area contributed by atoms with Crippen molar-refractivity contribution in [3.05, 3.63) is 35.9 Å². The van der Waals surface area contributed by atoms with Gasteiger partial charge in [-0.25, -0.2) is 0 Å². The molecular weight excluding hydrogens is 246 g/mol. The maximum absolute atomic E-state index is 11.8. The summed E-state index contributed by atoms with van der Waals surface area (Å²) >= 11 is 0. The Morgan fingerprint density at radius 1 is 1.00 bits per heavy atom. The van der Waals surface area contributed by atoms with Gasteiger partial charge in [0.25, 0.3) is 11.8 Å². The molecule has 3 aliphatic rings. The topological polar surface area (TPSA) is 55.8 Å². The minimum absolute atomic E-state index is 0.217. The van der Waals surface area contributed by atoms with Crippen molar-refractivity contribution < 1.29 is 19.1 Å². The van der Waals surface area contributed by atoms with Crippen LogP contribution < -0.4 is 9.47 Å². The van der Waals surface area contributed by atoms with E-state index in [2.05, 4.69) is 0 Å². The Kier molecular flexibility index (Phi) is 1.88. The molecule has 1 saturated carbocycles. The number of carbonyl (C=O) groups excluding carboxylic acids is 2. The molecule has 2 heterocycles. The molecule has 4 rings (SSSR count). The van der Waals surface area contributed by atoms with Gasteiger partial charge in [0.2, 0.25) is 6.79 Å². The Morgan fingerprint density at radius 2 is 1.68 bits per heavy atom. The van der Waals surface area contributed by atoms with Gasteiger partial charge < -0.3 is 9.47 Å². The van der Waals surface area contributed by atoms with E-state index in [0.717, 1.165) is 18.4 Å². The molecule has 0 spiro atoms. The smallest absolute Gasteiger partial charge is 0.254 e. The van der Waals surface area contributed by atoms with E-state index < -0.39 is 5.54 Å². The van der Waals surface area contributed by atoms with Gasteiger partial charge in [0.15, 0.2) is 11.5 Å². The number of fused-ring (bicyclic) bond motifs is 1. The van der Waals surface area contributed by atoms with Crippen LogP contribution in [0.4, 0.5) is 0 Å². The lowest BCUT2D eigenvalue weighted by molar-refractivity contribution is -0.140. The average Bonchev–Trinajstić information content (AvgIpc) is 2.93. The van der Waals surface area contributed by atoms with Crippen LogP contribution >= 0.6 is 0 Å². The van der Waals surface area contributed by atoms with Gasteiger partial charge in [0.1, 0.15) is 0 Å². The number of carbonyl (C=O) groups is 2. The van der Waals surface area contributed by atoms with Crippen LogP contribution in [0.1, 0.15) is 18.4 Å². The molecule has 0 aromatic heterocycles. The lowest BCUT2D eigenvalue weighted by Crippen LogP contribution is -2.40. The molecule has 96 valence electrons. The van der Waals surface area contributed by atoms with Gasteiger partial charge in [0.05, 0.1) is 5.54 Å². The normalized spacial score (nSPS) is 22.2. The number of amides is 2. The second kappa shape index (κ2) is 3.38. The minimum atomic E-state index is -0.487. The van der Waals surface area contributed by atoms with E-state index in [4.69, 9.17) is 9.47 Å². The highest BCUT2D eigenvalue weighted by Crippen LogP contribution is 2.53. The van der Waals surface area contributed by atoms with Crippen molar-refractivity contribution in [2.24, 2.45) is 0 Å². The zero-order chi connectivity index (χ0) is 13.0. The molecule has 2 aliphatic heterocycles. The van der Waals surface area contributed by atoms with E-state index in [1.54, 1.807) is 0 Å². The van der Waals surface area contributed by atoms with Crippen LogP contribution in [-0.4, -0.2) is 23.5 Å². The summed E-state index contributed by atoms with van der Waals surface area (Å²) in [5.74, 6) is 0.910. The number of hydrogen-bond acceptors (Lipinski definition) is 4. The first-order valence-electron chi connectivity index (χ1n) is 6.17. The average molecular weight is 257 g/mol. The van der Waals surface area contributed by atoms with Crippen LogP contribution in [0.3, 0.4) is 0 Å². The molecule has 1 fully saturated rings. The Labute approximate surface area is 109 Å². The molecule has 2 amide bonds. The molecule has 0 atom stereocenters. The Bertz CT molecular complexity index is 612. The van der Waals surface area contributed by atoms with Gasteiger partial charge in [-0.3, -0.25) is 14.5 Å². The number of benzene rings is 1. The first-order chi connectivity index (χ1) is 9.21. The number of rotatable bonds is 2. The van der Waals surface area contributed by atoms with Crippen molar-refractivity contribution in [3.63, 3.8) is 0 Å². The molecule has 5 nitrogen and oxygen atoms in total. The predicted molar refractivity (Wildman–Crippen MR) is 64.5 cm³/mol. The molecule has 0 radical (unpaired) electrons. The van der Waals surface area contributed by atoms with Crippen molar-refractivity contribution in [3.8, 4) is 11.5 Å². The Morgan fingerprint density at radius 3 is 2.37 bits per heavy atom. The van der Waals surface area contributed by atoms with Crippen LogP contribution in [0.2, 0.25) is 0 Å². The number of imide groups is 1. The minimum Gasteiger partial charge on any atom is -0.454 e. The fourth-order valence-electron chi connectivity index (χ4n) is 2.77. The quantitative estimate of drug-likeness (QED) is 0.750. The molecule has 1 aromatic carbocycles. The molecule has 0 N–H and O–H groups in total. The van der Waals surface area contributed by atoms with E-state index in [1.165, 1.54) is 17.1 Å². The van der Waals surface area contributed by atoms with E-state index >= 15 is 0 Å². The maximum Gasteiger partial charge on any atom is 0.254 e. The summed E-state index contributed by atoms with van der Waals surface area (Å²) < 4.78 is 10.6. The second-order valence-corrected chi connectivity index (χ2v) is 4.94. The molecule has 1 aromatic rings. The summed E-state index contributed by atoms with van der Waals surface area (Å²) in [5.41, 5.74) is 0.445. The molecule has 0 unspecified atom stereocenters. The van der Waals surface area contributed by atoms with Gasteiger partial charge in [-0.05, 0) is 30.5 Å². The fraction of sp³-hybridized carbons (Fsp3) is 0.286. The van der Waals surface area contributed by atoms with Crippen LogP contribution in [0.25, 0.3) is 0 Å². The largest absolute Gasteiger partial charge is 0.454 e. The molecule has 0 saturated heterocycles. The number of hydrogen-bond donors (Lipinski definition) is 0. The third kappa shape index (κ3) is 1.35. The van der Waals surface area contributed by atoms with E-state index in [1.807, 2.05) is 18.2 Å². The van der Waals surface area contributed by atoms with Crippen LogP contribution in [0.5, 0.6) is 11.5 Å². The van der Waals surface area contributed by atoms with E-state index in [0.29, 0.717) is 11.5 Å². The van der Waals surface area contributed by atoms with Gasteiger partial charge >= 0.3 is 0 Å². The van der Waals surface area contributed by atoms with Crippen molar-refractivity contribution in [2.75, 3.05) is 6.79 Å². The summed E-state index contributed by atoms with van der Waals surface area (Å²) in [6.07, 6.45) is 4.25. The molecule has 1 aliphatic carbocycles. The Balaban J connectivity index is 1.76. The highest BCUT2D eigenvalue weighted by molar-refractivity contribution is 6.13. The molecular formula is C14H11NO4. The molecule has 5 heteroatoms. The zero-order valence-corrected chi connectivity index (χ0v) is 10.1. The first-order valence-corrected chi connectivity index (χ1v) is 6.17. The summed E-state index contributed by atoms with van der Waals surface area (Å²) in [6, 6.07) is 5.60. The first kappa shape index (κ1) is 10.6. The fourth-order valence-corrected chi connectivity index (χ4v) is 2.77. The van der Waals surface area contributed by atoms with Crippen molar-refractivity contribution in [1.29, 1.82) is 0 Å². The summed E-state index contributed by atoms with van der Waals surface area (Å²) in [6.45, 7) is 0.217. The van der Waals surface area contributed by atoms with Crippen molar-refractivity contribution >= 4 is 11.8 Å². The van der Waals surface area contributed by atoms with Gasteiger partial charge in [-0.2, -0.15) is 0 Å². The number of ether oxygens (including phenoxy) is 2. The lowest BCUT2D eigenvalue weighted by Gasteiger charge is -2.26. The monoisotopic (exact) mass is 257 g/mol. The molecule has 0 bridgehead atoms. The number of nitrogens with zero attached hydrogens (tertiary/aromatic N) is 1. The van der Waals surface area contributed by atoms with E-state index in [9.17, 15) is 9.59 Å². The van der Waals surface area contributed by atoms with Crippen LogP contribution in [0, 0.1) is 0 Å². The van der Waals surface area contributed by atoms with Crippen LogP contribution in [0.15, 0.2) is 30.4 Å². The lowest BCUT2D eigenvalue weighted by atomic mass is 10.0. The summed E-state index contributed by atoms with van der Waals surface area (Å²) in [5, 5.41) is 0. The second-order valence-electron chi connectivity index (χ2n) is 4.94. The maximum atomic E-state index is 11.8. The van der Waals surface area contributed by atoms with Crippen molar-refractivity contribution in [1.82, 2.24) is 4.90 Å². The highest BCUT2D eigenvalue weighted by Gasteiger charge is 2.54.